The Morgan fingerprint density at radius 3 is 3.20 bits per heavy atom. The van der Waals surface area contributed by atoms with E-state index in [9.17, 15) is 4.79 Å². The van der Waals surface area contributed by atoms with Crippen LogP contribution in [0.15, 0.2) is 0 Å². The molecule has 3 N–H and O–H groups in total. The van der Waals surface area contributed by atoms with Gasteiger partial charge in [0, 0.05) is 30.7 Å². The first kappa shape index (κ1) is 11.2. The average Bonchev–Trinajstić information content (AvgIpc) is 2.67. The van der Waals surface area contributed by atoms with Gasteiger partial charge >= 0.3 is 0 Å². The summed E-state index contributed by atoms with van der Waals surface area (Å²) in [7, 11) is 0. The van der Waals surface area contributed by atoms with E-state index in [-0.39, 0.29) is 24.1 Å². The van der Waals surface area contributed by atoms with Gasteiger partial charge in [-0.2, -0.15) is 11.8 Å². The quantitative estimate of drug-likeness (QED) is 0.712. The smallest absolute Gasteiger partial charge is 0.221 e. The fraction of sp³-hybridized carbons (Fsp3) is 0.900. The molecule has 0 aromatic heterocycles. The van der Waals surface area contributed by atoms with Crippen molar-refractivity contribution in [3.63, 3.8) is 0 Å². The van der Waals surface area contributed by atoms with Gasteiger partial charge < -0.3 is 15.8 Å². The Morgan fingerprint density at radius 2 is 2.47 bits per heavy atom. The lowest BCUT2D eigenvalue weighted by atomic mass is 9.72. The molecule has 86 valence electrons. The van der Waals surface area contributed by atoms with Crippen LogP contribution in [0.2, 0.25) is 0 Å². The molecule has 0 aromatic rings. The Labute approximate surface area is 94.3 Å². The van der Waals surface area contributed by atoms with E-state index in [1.807, 2.05) is 6.26 Å². The van der Waals surface area contributed by atoms with Crippen LogP contribution in [0, 0.1) is 5.92 Å². The molecule has 2 aliphatic rings. The minimum Gasteiger partial charge on any atom is -0.376 e. The van der Waals surface area contributed by atoms with Crippen molar-refractivity contribution in [3.05, 3.63) is 0 Å². The molecule has 0 aromatic carbocycles. The van der Waals surface area contributed by atoms with E-state index in [1.165, 1.54) is 0 Å². The van der Waals surface area contributed by atoms with E-state index >= 15 is 0 Å². The molecule has 4 unspecified atom stereocenters. The first-order chi connectivity index (χ1) is 7.24. The second-order valence-electron chi connectivity index (χ2n) is 4.20. The third-order valence-corrected chi connectivity index (χ3v) is 3.92. The maximum absolute atomic E-state index is 11.5. The van der Waals surface area contributed by atoms with E-state index < -0.39 is 0 Å². The van der Waals surface area contributed by atoms with Crippen LogP contribution in [-0.4, -0.2) is 42.7 Å². The zero-order valence-electron chi connectivity index (χ0n) is 8.94. The van der Waals surface area contributed by atoms with Crippen molar-refractivity contribution >= 4 is 17.7 Å². The molecule has 5 heteroatoms. The first-order valence-corrected chi connectivity index (χ1v) is 6.79. The topological polar surface area (TPSA) is 64.4 Å². The Morgan fingerprint density at radius 1 is 1.67 bits per heavy atom. The Balaban J connectivity index is 1.77. The number of carbonyl (C=O) groups excluding carboxylic acids is 1. The standard InChI is InChI=1S/C10H18N2O2S/c1-15-5-3-7(13)12-9-8(11)6-2-4-14-10(6)9/h6,8-10H,2-5,11H2,1H3,(H,12,13). The molecule has 1 saturated heterocycles. The summed E-state index contributed by atoms with van der Waals surface area (Å²) in [4.78, 5) is 11.5. The highest BCUT2D eigenvalue weighted by molar-refractivity contribution is 7.98. The van der Waals surface area contributed by atoms with Gasteiger partial charge in [-0.05, 0) is 12.7 Å². The fourth-order valence-electron chi connectivity index (χ4n) is 2.38. The monoisotopic (exact) mass is 230 g/mol. The van der Waals surface area contributed by atoms with Crippen molar-refractivity contribution in [1.29, 1.82) is 0 Å². The normalized spacial score (nSPS) is 38.3. The minimum absolute atomic E-state index is 0.0480. The maximum Gasteiger partial charge on any atom is 0.221 e. The molecule has 1 saturated carbocycles. The number of hydrogen-bond donors (Lipinski definition) is 2. The number of rotatable bonds is 4. The lowest BCUT2D eigenvalue weighted by molar-refractivity contribution is -0.125. The fourth-order valence-corrected chi connectivity index (χ4v) is 2.77. The summed E-state index contributed by atoms with van der Waals surface area (Å²) in [6.07, 6.45) is 3.79. The third kappa shape index (κ3) is 2.14. The van der Waals surface area contributed by atoms with E-state index in [0.29, 0.717) is 12.3 Å². The third-order valence-electron chi connectivity index (χ3n) is 3.31. The number of carbonyl (C=O) groups is 1. The second kappa shape index (κ2) is 4.72. The molecule has 0 spiro atoms. The first-order valence-electron chi connectivity index (χ1n) is 5.39. The summed E-state index contributed by atoms with van der Waals surface area (Å²) in [5.41, 5.74) is 5.98. The van der Waals surface area contributed by atoms with Crippen LogP contribution < -0.4 is 11.1 Å². The molecule has 15 heavy (non-hydrogen) atoms. The summed E-state index contributed by atoms with van der Waals surface area (Å²) in [5.74, 6) is 1.43. The molecular weight excluding hydrogens is 212 g/mol. The van der Waals surface area contributed by atoms with Crippen LogP contribution in [0.3, 0.4) is 0 Å². The molecule has 1 aliphatic carbocycles. The lowest BCUT2D eigenvalue weighted by Gasteiger charge is -2.45. The van der Waals surface area contributed by atoms with Gasteiger partial charge in [0.05, 0.1) is 12.1 Å². The molecule has 1 amide bonds. The maximum atomic E-state index is 11.5. The molecule has 1 heterocycles. The van der Waals surface area contributed by atoms with Crippen LogP contribution in [0.5, 0.6) is 0 Å². The summed E-state index contributed by atoms with van der Waals surface area (Å²) in [6.45, 7) is 0.792. The van der Waals surface area contributed by atoms with Gasteiger partial charge in [-0.25, -0.2) is 0 Å². The van der Waals surface area contributed by atoms with Crippen molar-refractivity contribution in [2.75, 3.05) is 18.6 Å². The van der Waals surface area contributed by atoms with Gasteiger partial charge in [0.2, 0.25) is 5.91 Å². The highest BCUT2D eigenvalue weighted by atomic mass is 32.2. The zero-order chi connectivity index (χ0) is 10.8. The van der Waals surface area contributed by atoms with Gasteiger partial charge in [-0.15, -0.1) is 0 Å². The molecule has 4 nitrogen and oxygen atoms in total. The van der Waals surface area contributed by atoms with E-state index in [4.69, 9.17) is 10.5 Å². The SMILES string of the molecule is CSCCC(=O)NC1C(N)C2CCOC21. The highest BCUT2D eigenvalue weighted by Crippen LogP contribution is 2.37. The van der Waals surface area contributed by atoms with Gasteiger partial charge in [0.1, 0.15) is 0 Å². The van der Waals surface area contributed by atoms with Gasteiger partial charge in [0.25, 0.3) is 0 Å². The Bertz CT molecular complexity index is 250. The molecule has 0 radical (unpaired) electrons. The number of nitrogens with one attached hydrogen (secondary N) is 1. The predicted octanol–water partition coefficient (Wildman–Crippen LogP) is -0.0297. The number of amides is 1. The van der Waals surface area contributed by atoms with E-state index in [0.717, 1.165) is 18.8 Å². The number of fused-ring (bicyclic) bond motifs is 1. The van der Waals surface area contributed by atoms with Crippen LogP contribution in [0.4, 0.5) is 0 Å². The van der Waals surface area contributed by atoms with Crippen LogP contribution >= 0.6 is 11.8 Å². The van der Waals surface area contributed by atoms with Crippen molar-refractivity contribution in [2.24, 2.45) is 11.7 Å². The highest BCUT2D eigenvalue weighted by Gasteiger charge is 2.52. The summed E-state index contributed by atoms with van der Waals surface area (Å²) in [6, 6.07) is 0.141. The zero-order valence-corrected chi connectivity index (χ0v) is 9.76. The number of thioether (sulfide) groups is 1. The Hall–Kier alpha value is -0.260. The van der Waals surface area contributed by atoms with Crippen LogP contribution in [0.1, 0.15) is 12.8 Å². The van der Waals surface area contributed by atoms with Crippen LogP contribution in [0.25, 0.3) is 0 Å². The minimum atomic E-state index is 0.0480. The van der Waals surface area contributed by atoms with Gasteiger partial charge in [0.15, 0.2) is 0 Å². The van der Waals surface area contributed by atoms with E-state index in [2.05, 4.69) is 5.32 Å². The molecule has 2 rings (SSSR count). The number of nitrogens with two attached hydrogens (primary N) is 1. The lowest BCUT2D eigenvalue weighted by Crippen LogP contribution is -2.68. The Kier molecular flexibility index (Phi) is 3.53. The molecule has 4 atom stereocenters. The van der Waals surface area contributed by atoms with Crippen molar-refractivity contribution < 1.29 is 9.53 Å². The largest absolute Gasteiger partial charge is 0.376 e. The molecule has 2 fully saturated rings. The average molecular weight is 230 g/mol. The molecule has 0 bridgehead atoms. The predicted molar refractivity (Wildman–Crippen MR) is 60.8 cm³/mol. The van der Waals surface area contributed by atoms with Crippen molar-refractivity contribution in [3.8, 4) is 0 Å². The van der Waals surface area contributed by atoms with Gasteiger partial charge in [-0.3, -0.25) is 4.79 Å². The molecular formula is C10H18N2O2S. The summed E-state index contributed by atoms with van der Waals surface area (Å²) < 4.78 is 5.54. The van der Waals surface area contributed by atoms with Crippen molar-refractivity contribution in [2.45, 2.75) is 31.0 Å². The molecule has 1 aliphatic heterocycles. The number of ether oxygens (including phenoxy) is 1. The van der Waals surface area contributed by atoms with Crippen molar-refractivity contribution in [1.82, 2.24) is 5.32 Å². The summed E-state index contributed by atoms with van der Waals surface area (Å²) >= 11 is 1.68. The summed E-state index contributed by atoms with van der Waals surface area (Å²) in [5, 5.41) is 2.97. The van der Waals surface area contributed by atoms with E-state index in [1.54, 1.807) is 11.8 Å². The number of hydrogen-bond acceptors (Lipinski definition) is 4. The van der Waals surface area contributed by atoms with Gasteiger partial charge in [-0.1, -0.05) is 0 Å². The van der Waals surface area contributed by atoms with Crippen LogP contribution in [-0.2, 0) is 9.53 Å². The second-order valence-corrected chi connectivity index (χ2v) is 5.19.